The summed E-state index contributed by atoms with van der Waals surface area (Å²) in [6.45, 7) is 2.89. The van der Waals surface area contributed by atoms with Crippen LogP contribution in [-0.4, -0.2) is 31.1 Å². The predicted octanol–water partition coefficient (Wildman–Crippen LogP) is 1.90. The molecule has 3 rings (SSSR count). The molecular formula is C13H13ClN6O. The van der Waals surface area contributed by atoms with Gasteiger partial charge < -0.3 is 15.0 Å². The number of pyridine rings is 1. The first-order chi connectivity index (χ1) is 10.2. The monoisotopic (exact) mass is 304 g/mol. The number of hydrogen-bond donors (Lipinski definition) is 1. The van der Waals surface area contributed by atoms with Crippen molar-refractivity contribution in [2.24, 2.45) is 0 Å². The molecule has 0 fully saturated rings. The van der Waals surface area contributed by atoms with Gasteiger partial charge in [-0.15, -0.1) is 0 Å². The van der Waals surface area contributed by atoms with E-state index < -0.39 is 0 Å². The average molecular weight is 305 g/mol. The zero-order chi connectivity index (χ0) is 14.8. The van der Waals surface area contributed by atoms with Gasteiger partial charge in [0.1, 0.15) is 5.15 Å². The average Bonchev–Trinajstić information content (AvgIpc) is 2.86. The van der Waals surface area contributed by atoms with E-state index >= 15 is 0 Å². The second kappa shape index (κ2) is 5.53. The summed E-state index contributed by atoms with van der Waals surface area (Å²) in [6.07, 6.45) is 3.38. The molecule has 7 nitrogen and oxygen atoms in total. The fourth-order valence-corrected chi connectivity index (χ4v) is 2.06. The Balaban J connectivity index is 2.00. The Morgan fingerprint density at radius 1 is 1.29 bits per heavy atom. The molecule has 0 aliphatic carbocycles. The van der Waals surface area contributed by atoms with Gasteiger partial charge in [-0.25, -0.2) is 9.97 Å². The van der Waals surface area contributed by atoms with Gasteiger partial charge in [-0.3, -0.25) is 0 Å². The van der Waals surface area contributed by atoms with Crippen molar-refractivity contribution in [2.75, 3.05) is 12.3 Å². The highest BCUT2D eigenvalue weighted by Gasteiger charge is 2.12. The number of anilines is 1. The third-order valence-electron chi connectivity index (χ3n) is 2.89. The first kappa shape index (κ1) is 13.6. The highest BCUT2D eigenvalue weighted by atomic mass is 35.5. The van der Waals surface area contributed by atoms with E-state index in [-0.39, 0.29) is 6.01 Å². The van der Waals surface area contributed by atoms with Crippen molar-refractivity contribution in [3.63, 3.8) is 0 Å². The number of ether oxygens (including phenoxy) is 1. The summed E-state index contributed by atoms with van der Waals surface area (Å²) >= 11 is 5.78. The molecule has 0 radical (unpaired) electrons. The molecule has 108 valence electrons. The van der Waals surface area contributed by atoms with Crippen LogP contribution in [0.2, 0.25) is 5.15 Å². The Bertz CT molecular complexity index is 770. The molecular weight excluding hydrogens is 292 g/mol. The van der Waals surface area contributed by atoms with Crippen LogP contribution in [0.25, 0.3) is 11.2 Å². The fraction of sp³-hybridized carbons (Fsp3) is 0.231. The van der Waals surface area contributed by atoms with E-state index in [1.807, 2.05) is 17.6 Å². The van der Waals surface area contributed by atoms with Crippen molar-refractivity contribution < 1.29 is 4.74 Å². The molecule has 21 heavy (non-hydrogen) atoms. The molecule has 3 aromatic heterocycles. The summed E-state index contributed by atoms with van der Waals surface area (Å²) in [5.74, 6) is 0.302. The minimum Gasteiger partial charge on any atom is -0.464 e. The van der Waals surface area contributed by atoms with Crippen LogP contribution in [-0.2, 0) is 6.54 Å². The SMILES string of the molecule is CCOc1nc(N)c2ncn(Cc3ccc(Cl)nc3)c2n1. The number of fused-ring (bicyclic) bond motifs is 1. The van der Waals surface area contributed by atoms with Crippen molar-refractivity contribution in [2.45, 2.75) is 13.5 Å². The molecule has 8 heteroatoms. The Kier molecular flexibility index (Phi) is 3.57. The molecule has 0 saturated heterocycles. The van der Waals surface area contributed by atoms with Crippen molar-refractivity contribution in [1.82, 2.24) is 24.5 Å². The molecule has 3 aromatic rings. The van der Waals surface area contributed by atoms with E-state index in [1.165, 1.54) is 0 Å². The number of rotatable bonds is 4. The van der Waals surface area contributed by atoms with Crippen LogP contribution in [0.5, 0.6) is 6.01 Å². The molecule has 0 amide bonds. The largest absolute Gasteiger partial charge is 0.464 e. The van der Waals surface area contributed by atoms with Crippen molar-refractivity contribution in [3.05, 3.63) is 35.4 Å². The number of aromatic nitrogens is 5. The van der Waals surface area contributed by atoms with Gasteiger partial charge in [0.05, 0.1) is 19.5 Å². The van der Waals surface area contributed by atoms with Crippen LogP contribution in [0, 0.1) is 0 Å². The second-order valence-electron chi connectivity index (χ2n) is 4.36. The normalized spacial score (nSPS) is 11.0. The van der Waals surface area contributed by atoms with Crippen molar-refractivity contribution in [3.8, 4) is 6.01 Å². The van der Waals surface area contributed by atoms with Crippen LogP contribution >= 0.6 is 11.6 Å². The molecule has 0 spiro atoms. The third kappa shape index (κ3) is 2.73. The Hall–Kier alpha value is -2.41. The third-order valence-corrected chi connectivity index (χ3v) is 3.11. The zero-order valence-corrected chi connectivity index (χ0v) is 12.1. The smallest absolute Gasteiger partial charge is 0.320 e. The van der Waals surface area contributed by atoms with Crippen LogP contribution in [0.3, 0.4) is 0 Å². The van der Waals surface area contributed by atoms with E-state index in [1.54, 1.807) is 18.6 Å². The molecule has 0 saturated carbocycles. The van der Waals surface area contributed by atoms with Crippen LogP contribution in [0.4, 0.5) is 5.82 Å². The highest BCUT2D eigenvalue weighted by molar-refractivity contribution is 6.29. The molecule has 0 aliphatic rings. The summed E-state index contributed by atoms with van der Waals surface area (Å²) in [6, 6.07) is 3.89. The fourth-order valence-electron chi connectivity index (χ4n) is 1.95. The van der Waals surface area contributed by atoms with Crippen LogP contribution < -0.4 is 10.5 Å². The Labute approximate surface area is 125 Å². The van der Waals surface area contributed by atoms with E-state index in [0.717, 1.165) is 5.56 Å². The van der Waals surface area contributed by atoms with Gasteiger partial charge >= 0.3 is 6.01 Å². The van der Waals surface area contributed by atoms with E-state index in [2.05, 4.69) is 19.9 Å². The van der Waals surface area contributed by atoms with Gasteiger partial charge in [0.2, 0.25) is 0 Å². The molecule has 0 atom stereocenters. The molecule has 0 aliphatic heterocycles. The number of hydrogen-bond acceptors (Lipinski definition) is 6. The van der Waals surface area contributed by atoms with Crippen molar-refractivity contribution >= 4 is 28.6 Å². The van der Waals surface area contributed by atoms with Crippen molar-refractivity contribution in [1.29, 1.82) is 0 Å². The summed E-state index contributed by atoms with van der Waals surface area (Å²) in [4.78, 5) is 16.7. The first-order valence-electron chi connectivity index (χ1n) is 6.39. The van der Waals surface area contributed by atoms with Gasteiger partial charge in [0.15, 0.2) is 17.0 Å². The minimum atomic E-state index is 0.249. The van der Waals surface area contributed by atoms with E-state index in [0.29, 0.717) is 35.3 Å². The lowest BCUT2D eigenvalue weighted by atomic mass is 10.3. The maximum Gasteiger partial charge on any atom is 0.320 e. The number of halogens is 1. The Morgan fingerprint density at radius 3 is 2.86 bits per heavy atom. The second-order valence-corrected chi connectivity index (χ2v) is 4.75. The summed E-state index contributed by atoms with van der Waals surface area (Å²) in [7, 11) is 0. The Morgan fingerprint density at radius 2 is 2.14 bits per heavy atom. The van der Waals surface area contributed by atoms with Crippen LogP contribution in [0.1, 0.15) is 12.5 Å². The number of imidazole rings is 1. The highest BCUT2D eigenvalue weighted by Crippen LogP contribution is 2.20. The molecule has 2 N–H and O–H groups in total. The maximum absolute atomic E-state index is 5.88. The molecule has 0 unspecified atom stereocenters. The quantitative estimate of drug-likeness (QED) is 0.740. The first-order valence-corrected chi connectivity index (χ1v) is 6.76. The van der Waals surface area contributed by atoms with Gasteiger partial charge in [0.25, 0.3) is 0 Å². The minimum absolute atomic E-state index is 0.249. The standard InChI is InChI=1S/C13H13ClN6O/c1-2-21-13-18-11(15)10-12(19-13)20(7-17-10)6-8-3-4-9(14)16-5-8/h3-5,7H,2,6H2,1H3,(H2,15,18,19). The van der Waals surface area contributed by atoms with Crippen LogP contribution in [0.15, 0.2) is 24.7 Å². The van der Waals surface area contributed by atoms with Gasteiger partial charge in [-0.2, -0.15) is 9.97 Å². The van der Waals surface area contributed by atoms with Gasteiger partial charge in [-0.1, -0.05) is 17.7 Å². The number of nitrogens with two attached hydrogens (primary N) is 1. The molecule has 3 heterocycles. The molecule has 0 bridgehead atoms. The summed E-state index contributed by atoms with van der Waals surface area (Å²) < 4.78 is 7.17. The maximum atomic E-state index is 5.88. The summed E-state index contributed by atoms with van der Waals surface area (Å²) in [5, 5.41) is 0.458. The predicted molar refractivity (Wildman–Crippen MR) is 79.3 cm³/mol. The van der Waals surface area contributed by atoms with E-state index in [4.69, 9.17) is 22.1 Å². The lowest BCUT2D eigenvalue weighted by molar-refractivity contribution is 0.314. The molecule has 0 aromatic carbocycles. The van der Waals surface area contributed by atoms with E-state index in [9.17, 15) is 0 Å². The van der Waals surface area contributed by atoms with Gasteiger partial charge in [-0.05, 0) is 18.6 Å². The topological polar surface area (TPSA) is 91.7 Å². The zero-order valence-electron chi connectivity index (χ0n) is 11.3. The van der Waals surface area contributed by atoms with Gasteiger partial charge in [0, 0.05) is 6.20 Å². The lowest BCUT2D eigenvalue weighted by Gasteiger charge is -2.06. The lowest BCUT2D eigenvalue weighted by Crippen LogP contribution is -2.04. The summed E-state index contributed by atoms with van der Waals surface area (Å²) in [5.41, 5.74) is 8.04. The number of nitrogens with zero attached hydrogens (tertiary/aromatic N) is 5. The number of nitrogen functional groups attached to an aromatic ring is 1.